The third-order valence-corrected chi connectivity index (χ3v) is 1.53. The van der Waals surface area contributed by atoms with Crippen molar-refractivity contribution < 1.29 is 4.79 Å². The first-order valence-corrected chi connectivity index (χ1v) is 4.07. The van der Waals surface area contributed by atoms with Crippen LogP contribution in [-0.4, -0.2) is 12.5 Å². The fourth-order valence-corrected chi connectivity index (χ4v) is 1.00. The molecule has 0 saturated heterocycles. The maximum Gasteiger partial charge on any atom is 0.245 e. The van der Waals surface area contributed by atoms with E-state index in [1.54, 1.807) is 0 Å². The predicted octanol–water partition coefficient (Wildman–Crippen LogP) is 1.38. The second-order valence-corrected chi connectivity index (χ2v) is 2.53. The summed E-state index contributed by atoms with van der Waals surface area (Å²) in [4.78, 5) is 11.0. The summed E-state index contributed by atoms with van der Waals surface area (Å²) in [6.07, 6.45) is 0.425. The third kappa shape index (κ3) is 2.74. The lowest BCUT2D eigenvalue weighted by Crippen LogP contribution is -2.16. The second-order valence-electron chi connectivity index (χ2n) is 2.53. The lowest BCUT2D eigenvalue weighted by atomic mass is 10.1. The summed E-state index contributed by atoms with van der Waals surface area (Å²) in [6, 6.07) is 9.65. The number of likely N-dealkylation sites (N-methyl/N-ethyl adjacent to an activating group) is 1. The van der Waals surface area contributed by atoms with Gasteiger partial charge in [-0.2, -0.15) is 0 Å². The Morgan fingerprint density at radius 2 is 2.00 bits per heavy atom. The first-order chi connectivity index (χ1) is 5.83. The van der Waals surface area contributed by atoms with Gasteiger partial charge in [-0.15, -0.1) is 0 Å². The van der Waals surface area contributed by atoms with Crippen LogP contribution in [0.1, 0.15) is 12.5 Å². The quantitative estimate of drug-likeness (QED) is 0.660. The molecule has 0 aliphatic heterocycles. The number of amides is 1. The van der Waals surface area contributed by atoms with Crippen molar-refractivity contribution in [1.29, 1.82) is 0 Å². The number of hydrogen-bond donors (Lipinski definition) is 0. The van der Waals surface area contributed by atoms with Gasteiger partial charge < -0.3 is 0 Å². The zero-order valence-electron chi connectivity index (χ0n) is 7.16. The number of rotatable bonds is 3. The maximum absolute atomic E-state index is 11.0. The van der Waals surface area contributed by atoms with E-state index in [1.807, 2.05) is 37.3 Å². The van der Waals surface area contributed by atoms with Gasteiger partial charge in [-0.25, -0.2) is 0 Å². The van der Waals surface area contributed by atoms with E-state index in [1.165, 1.54) is 0 Å². The molecule has 63 valence electrons. The molecule has 0 aliphatic rings. The molecule has 2 heteroatoms. The molecule has 0 aromatic heterocycles. The van der Waals surface area contributed by atoms with E-state index >= 15 is 0 Å². The topological polar surface area (TPSA) is 31.2 Å². The van der Waals surface area contributed by atoms with E-state index < -0.39 is 0 Å². The molecule has 2 nitrogen and oxygen atoms in total. The minimum atomic E-state index is -0.0382. The van der Waals surface area contributed by atoms with Crippen LogP contribution in [0.25, 0.3) is 0 Å². The zero-order chi connectivity index (χ0) is 8.81. The van der Waals surface area contributed by atoms with E-state index in [0.29, 0.717) is 13.0 Å². The van der Waals surface area contributed by atoms with Gasteiger partial charge >= 0.3 is 0 Å². The summed E-state index contributed by atoms with van der Waals surface area (Å²) < 4.78 is 0. The highest BCUT2D eigenvalue weighted by Gasteiger charge is 2.01. The normalized spacial score (nSPS) is 9.42. The molecule has 0 unspecified atom stereocenters. The molecule has 0 bridgehead atoms. The molecule has 1 radical (unpaired) electrons. The first-order valence-electron chi connectivity index (χ1n) is 4.07. The fourth-order valence-electron chi connectivity index (χ4n) is 1.00. The molecule has 0 fully saturated rings. The highest BCUT2D eigenvalue weighted by Crippen LogP contribution is 1.98. The van der Waals surface area contributed by atoms with Crippen molar-refractivity contribution >= 4 is 5.91 Å². The van der Waals surface area contributed by atoms with Crippen LogP contribution in [0, 0.1) is 0 Å². The molecule has 1 aromatic rings. The van der Waals surface area contributed by atoms with Crippen molar-refractivity contribution in [3.63, 3.8) is 0 Å². The van der Waals surface area contributed by atoms with Crippen LogP contribution in [0.5, 0.6) is 0 Å². The standard InChI is InChI=1S/C10H12NO/c1-2-11-10(12)8-9-6-4-3-5-7-9/h3-7H,2,8H2,1H3. The number of nitrogens with zero attached hydrogens (tertiary/aromatic N) is 1. The predicted molar refractivity (Wildman–Crippen MR) is 47.8 cm³/mol. The van der Waals surface area contributed by atoms with Gasteiger partial charge in [0.1, 0.15) is 0 Å². The molecule has 1 aromatic carbocycles. The highest BCUT2D eigenvalue weighted by molar-refractivity contribution is 5.78. The van der Waals surface area contributed by atoms with Crippen LogP contribution in [0.15, 0.2) is 30.3 Å². The van der Waals surface area contributed by atoms with Crippen LogP contribution >= 0.6 is 0 Å². The van der Waals surface area contributed by atoms with Crippen LogP contribution in [0.3, 0.4) is 0 Å². The monoisotopic (exact) mass is 162 g/mol. The van der Waals surface area contributed by atoms with Crippen LogP contribution in [0.4, 0.5) is 0 Å². The molecule has 0 aliphatic carbocycles. The van der Waals surface area contributed by atoms with E-state index in [9.17, 15) is 4.79 Å². The van der Waals surface area contributed by atoms with Crippen molar-refractivity contribution in [1.82, 2.24) is 5.32 Å². The summed E-state index contributed by atoms with van der Waals surface area (Å²) in [7, 11) is 0. The van der Waals surface area contributed by atoms with Crippen LogP contribution in [-0.2, 0) is 11.2 Å². The summed E-state index contributed by atoms with van der Waals surface area (Å²) in [5, 5.41) is 3.78. The Bertz CT molecular complexity index is 243. The average molecular weight is 162 g/mol. The molecule has 1 amide bonds. The van der Waals surface area contributed by atoms with Crippen LogP contribution in [0.2, 0.25) is 0 Å². The van der Waals surface area contributed by atoms with Gasteiger partial charge in [-0.05, 0) is 12.5 Å². The van der Waals surface area contributed by atoms with Crippen molar-refractivity contribution in [2.75, 3.05) is 6.54 Å². The molecule has 0 saturated carbocycles. The Kier molecular flexibility index (Phi) is 3.33. The molecule has 1 rings (SSSR count). The summed E-state index contributed by atoms with van der Waals surface area (Å²) in [6.45, 7) is 2.44. The first kappa shape index (κ1) is 8.78. The lowest BCUT2D eigenvalue weighted by Gasteiger charge is -1.98. The minimum absolute atomic E-state index is 0.0382. The molecular weight excluding hydrogens is 150 g/mol. The minimum Gasteiger partial charge on any atom is -0.273 e. The molecule has 0 N–H and O–H groups in total. The van der Waals surface area contributed by atoms with Gasteiger partial charge in [-0.1, -0.05) is 30.3 Å². The van der Waals surface area contributed by atoms with Crippen LogP contribution < -0.4 is 5.32 Å². The van der Waals surface area contributed by atoms with Crippen molar-refractivity contribution in [3.05, 3.63) is 35.9 Å². The zero-order valence-corrected chi connectivity index (χ0v) is 7.16. The van der Waals surface area contributed by atoms with Gasteiger partial charge in [0.25, 0.3) is 0 Å². The number of benzene rings is 1. The number of carbonyl (C=O) groups excluding carboxylic acids is 1. The molecular formula is C10H12NO. The molecule has 12 heavy (non-hydrogen) atoms. The van der Waals surface area contributed by atoms with Gasteiger partial charge in [-0.3, -0.25) is 10.1 Å². The van der Waals surface area contributed by atoms with Gasteiger partial charge in [0.05, 0.1) is 6.42 Å². The Morgan fingerprint density at radius 3 is 2.58 bits per heavy atom. The smallest absolute Gasteiger partial charge is 0.245 e. The van der Waals surface area contributed by atoms with E-state index in [4.69, 9.17) is 0 Å². The SMILES string of the molecule is CC[N]C(=O)Cc1ccccc1. The van der Waals surface area contributed by atoms with Gasteiger partial charge in [0.2, 0.25) is 5.91 Å². The Labute approximate surface area is 72.6 Å². The van der Waals surface area contributed by atoms with Crippen molar-refractivity contribution in [2.24, 2.45) is 0 Å². The van der Waals surface area contributed by atoms with Crippen molar-refractivity contribution in [2.45, 2.75) is 13.3 Å². The number of hydrogen-bond acceptors (Lipinski definition) is 1. The maximum atomic E-state index is 11.0. The van der Waals surface area contributed by atoms with Gasteiger partial charge in [0.15, 0.2) is 0 Å². The second kappa shape index (κ2) is 4.54. The van der Waals surface area contributed by atoms with Crippen molar-refractivity contribution in [3.8, 4) is 0 Å². The lowest BCUT2D eigenvalue weighted by molar-refractivity contribution is -0.120. The molecule has 0 atom stereocenters. The Morgan fingerprint density at radius 1 is 1.33 bits per heavy atom. The average Bonchev–Trinajstić information content (AvgIpc) is 2.06. The summed E-state index contributed by atoms with van der Waals surface area (Å²) in [5.41, 5.74) is 1.03. The fraction of sp³-hybridized carbons (Fsp3) is 0.300. The Hall–Kier alpha value is -1.31. The van der Waals surface area contributed by atoms with E-state index in [0.717, 1.165) is 5.56 Å². The summed E-state index contributed by atoms with van der Waals surface area (Å²) >= 11 is 0. The Balaban J connectivity index is 2.47. The largest absolute Gasteiger partial charge is 0.273 e. The molecule has 0 heterocycles. The molecule has 0 spiro atoms. The van der Waals surface area contributed by atoms with E-state index in [2.05, 4.69) is 5.32 Å². The van der Waals surface area contributed by atoms with E-state index in [-0.39, 0.29) is 5.91 Å². The third-order valence-electron chi connectivity index (χ3n) is 1.53. The number of carbonyl (C=O) groups is 1. The summed E-state index contributed by atoms with van der Waals surface area (Å²) in [5.74, 6) is -0.0382. The highest BCUT2D eigenvalue weighted by atomic mass is 16.1. The van der Waals surface area contributed by atoms with Gasteiger partial charge in [0, 0.05) is 6.54 Å².